The Morgan fingerprint density at radius 3 is 1.57 bits per heavy atom. The third kappa shape index (κ3) is 1.96. The number of thiophene rings is 3. The summed E-state index contributed by atoms with van der Waals surface area (Å²) in [5.74, 6) is -1.52. The van der Waals surface area contributed by atoms with Crippen molar-refractivity contribution < 1.29 is 8.78 Å². The Kier molecular flexibility index (Phi) is 3.14. The second kappa shape index (κ2) is 5.02. The average Bonchev–Trinajstić information content (AvgIpc) is 3.21. The van der Waals surface area contributed by atoms with E-state index in [2.05, 4.69) is 0 Å². The van der Waals surface area contributed by atoms with Crippen molar-refractivity contribution in [2.75, 3.05) is 0 Å². The van der Waals surface area contributed by atoms with Crippen molar-refractivity contribution in [1.82, 2.24) is 0 Å². The van der Waals surface area contributed by atoms with E-state index < -0.39 is 11.6 Å². The minimum atomic E-state index is -0.758. The fourth-order valence-corrected chi connectivity index (χ4v) is 4.85. The monoisotopic (exact) mass is 334 g/mol. The third-order valence-corrected chi connectivity index (χ3v) is 5.89. The lowest BCUT2D eigenvalue weighted by Gasteiger charge is -2.10. The van der Waals surface area contributed by atoms with Crippen LogP contribution in [0.4, 0.5) is 8.78 Å². The van der Waals surface area contributed by atoms with E-state index in [0.717, 1.165) is 20.5 Å². The van der Waals surface area contributed by atoms with Gasteiger partial charge in [0.2, 0.25) is 0 Å². The van der Waals surface area contributed by atoms with Crippen molar-refractivity contribution in [3.63, 3.8) is 0 Å². The van der Waals surface area contributed by atoms with E-state index in [1.54, 1.807) is 0 Å². The van der Waals surface area contributed by atoms with E-state index in [1.165, 1.54) is 34.0 Å². The van der Waals surface area contributed by atoms with E-state index in [0.29, 0.717) is 11.1 Å². The molecule has 0 aliphatic carbocycles. The van der Waals surface area contributed by atoms with E-state index in [1.807, 2.05) is 45.8 Å². The van der Waals surface area contributed by atoms with Gasteiger partial charge in [-0.2, -0.15) is 11.3 Å². The molecule has 0 spiro atoms. The highest BCUT2D eigenvalue weighted by molar-refractivity contribution is 7.14. The Labute approximate surface area is 131 Å². The molecule has 0 nitrogen and oxygen atoms in total. The summed E-state index contributed by atoms with van der Waals surface area (Å²) >= 11 is 4.31. The SMILES string of the molecule is Fc1c(F)c(-c2cccs2)c2cscc2c1-c1cccs1. The van der Waals surface area contributed by atoms with Crippen LogP contribution in [0, 0.1) is 11.6 Å². The molecule has 4 rings (SSSR count). The fraction of sp³-hybridized carbons (Fsp3) is 0. The molecule has 21 heavy (non-hydrogen) atoms. The third-order valence-electron chi connectivity index (χ3n) is 3.37. The summed E-state index contributed by atoms with van der Waals surface area (Å²) in [6.45, 7) is 0. The number of hydrogen-bond donors (Lipinski definition) is 0. The van der Waals surface area contributed by atoms with Crippen LogP contribution in [-0.2, 0) is 0 Å². The van der Waals surface area contributed by atoms with Gasteiger partial charge in [0, 0.05) is 31.7 Å². The molecule has 0 saturated heterocycles. The Balaban J connectivity index is 2.14. The van der Waals surface area contributed by atoms with Gasteiger partial charge in [-0.1, -0.05) is 12.1 Å². The van der Waals surface area contributed by atoms with Crippen molar-refractivity contribution in [3.05, 3.63) is 57.4 Å². The van der Waals surface area contributed by atoms with Gasteiger partial charge in [0.05, 0.1) is 0 Å². The molecule has 104 valence electrons. The largest absolute Gasteiger partial charge is 0.203 e. The van der Waals surface area contributed by atoms with Crippen LogP contribution in [0.1, 0.15) is 0 Å². The van der Waals surface area contributed by atoms with Gasteiger partial charge in [-0.3, -0.25) is 0 Å². The molecule has 0 fully saturated rings. The van der Waals surface area contributed by atoms with Crippen molar-refractivity contribution in [2.24, 2.45) is 0 Å². The van der Waals surface area contributed by atoms with E-state index in [-0.39, 0.29) is 0 Å². The first-order chi connectivity index (χ1) is 10.3. The Morgan fingerprint density at radius 1 is 0.714 bits per heavy atom. The summed E-state index contributed by atoms with van der Waals surface area (Å²) in [6.07, 6.45) is 0. The molecule has 1 aromatic carbocycles. The molecule has 0 aliphatic heterocycles. The van der Waals surface area contributed by atoms with Gasteiger partial charge in [0.25, 0.3) is 0 Å². The molecule has 0 atom stereocenters. The molecule has 3 aromatic heterocycles. The van der Waals surface area contributed by atoms with Crippen LogP contribution < -0.4 is 0 Å². The number of fused-ring (bicyclic) bond motifs is 1. The van der Waals surface area contributed by atoms with Gasteiger partial charge in [0.1, 0.15) is 0 Å². The smallest absolute Gasteiger partial charge is 0.168 e. The van der Waals surface area contributed by atoms with Gasteiger partial charge in [0.15, 0.2) is 11.6 Å². The van der Waals surface area contributed by atoms with Crippen LogP contribution in [0.3, 0.4) is 0 Å². The summed E-state index contributed by atoms with van der Waals surface area (Å²) in [6, 6.07) is 7.35. The van der Waals surface area contributed by atoms with Crippen LogP contribution in [0.25, 0.3) is 31.7 Å². The van der Waals surface area contributed by atoms with Gasteiger partial charge >= 0.3 is 0 Å². The quantitative estimate of drug-likeness (QED) is 0.385. The molecular formula is C16H8F2S3. The summed E-state index contributed by atoms with van der Waals surface area (Å²) in [4.78, 5) is 1.51. The lowest BCUT2D eigenvalue weighted by atomic mass is 10.00. The highest BCUT2D eigenvalue weighted by atomic mass is 32.1. The first kappa shape index (κ1) is 13.1. The van der Waals surface area contributed by atoms with Gasteiger partial charge in [-0.25, -0.2) is 8.78 Å². The molecule has 0 bridgehead atoms. The zero-order valence-electron chi connectivity index (χ0n) is 10.6. The summed E-state index contributed by atoms with van der Waals surface area (Å²) in [5.41, 5.74) is 0.748. The van der Waals surface area contributed by atoms with Crippen LogP contribution in [0.15, 0.2) is 45.8 Å². The molecule has 0 unspecified atom stereocenters. The normalized spacial score (nSPS) is 11.3. The molecule has 0 saturated carbocycles. The van der Waals surface area contributed by atoms with Crippen molar-refractivity contribution in [2.45, 2.75) is 0 Å². The standard InChI is InChI=1S/C16H8F2S3/c17-15-13(11-3-1-5-20-11)9-7-19-8-10(9)14(16(15)18)12-4-2-6-21-12/h1-8H. The molecule has 4 aromatic rings. The molecule has 5 heteroatoms. The average molecular weight is 334 g/mol. The lowest BCUT2D eigenvalue weighted by molar-refractivity contribution is 0.516. The minimum Gasteiger partial charge on any atom is -0.203 e. The highest BCUT2D eigenvalue weighted by Crippen LogP contribution is 2.43. The lowest BCUT2D eigenvalue weighted by Crippen LogP contribution is -1.93. The number of rotatable bonds is 2. The molecule has 0 aliphatic rings. The van der Waals surface area contributed by atoms with Gasteiger partial charge in [-0.05, 0) is 33.7 Å². The number of hydrogen-bond acceptors (Lipinski definition) is 3. The van der Waals surface area contributed by atoms with Crippen molar-refractivity contribution in [1.29, 1.82) is 0 Å². The van der Waals surface area contributed by atoms with E-state index in [4.69, 9.17) is 0 Å². The zero-order chi connectivity index (χ0) is 14.4. The van der Waals surface area contributed by atoms with E-state index in [9.17, 15) is 8.78 Å². The Hall–Kier alpha value is -1.56. The maximum atomic E-state index is 14.7. The van der Waals surface area contributed by atoms with Crippen molar-refractivity contribution in [3.8, 4) is 20.9 Å². The predicted octanol–water partition coefficient (Wildman–Crippen LogP) is 6.64. The fourth-order valence-electron chi connectivity index (χ4n) is 2.46. The second-order valence-corrected chi connectivity index (χ2v) is 7.17. The van der Waals surface area contributed by atoms with Crippen molar-refractivity contribution >= 4 is 44.8 Å². The van der Waals surface area contributed by atoms with Gasteiger partial charge in [-0.15, -0.1) is 22.7 Å². The highest BCUT2D eigenvalue weighted by Gasteiger charge is 2.23. The number of benzene rings is 1. The van der Waals surface area contributed by atoms with Crippen LogP contribution in [0.5, 0.6) is 0 Å². The van der Waals surface area contributed by atoms with Crippen LogP contribution in [-0.4, -0.2) is 0 Å². The maximum absolute atomic E-state index is 14.7. The molecular weight excluding hydrogens is 326 g/mol. The topological polar surface area (TPSA) is 0 Å². The molecule has 0 radical (unpaired) electrons. The summed E-state index contributed by atoms with van der Waals surface area (Å²) < 4.78 is 29.3. The predicted molar refractivity (Wildman–Crippen MR) is 88.4 cm³/mol. The molecule has 3 heterocycles. The second-order valence-electron chi connectivity index (χ2n) is 4.53. The first-order valence-electron chi connectivity index (χ1n) is 6.22. The Morgan fingerprint density at radius 2 is 1.19 bits per heavy atom. The zero-order valence-corrected chi connectivity index (χ0v) is 13.0. The number of halogens is 2. The van der Waals surface area contributed by atoms with Crippen LogP contribution in [0.2, 0.25) is 0 Å². The molecule has 0 N–H and O–H groups in total. The Bertz CT molecular complexity index is 829. The first-order valence-corrected chi connectivity index (χ1v) is 8.92. The van der Waals surface area contributed by atoms with Crippen LogP contribution >= 0.6 is 34.0 Å². The van der Waals surface area contributed by atoms with Gasteiger partial charge < -0.3 is 0 Å². The van der Waals surface area contributed by atoms with E-state index >= 15 is 0 Å². The molecule has 0 amide bonds. The summed E-state index contributed by atoms with van der Waals surface area (Å²) in [7, 11) is 0. The minimum absolute atomic E-state index is 0.374. The maximum Gasteiger partial charge on any atom is 0.168 e. The summed E-state index contributed by atoms with van der Waals surface area (Å²) in [5, 5.41) is 9.10.